The molecule has 2 nitrogen and oxygen atoms in total. The van der Waals surface area contributed by atoms with Crippen molar-refractivity contribution >= 4 is 22.1 Å². The van der Waals surface area contributed by atoms with Crippen LogP contribution in [0.5, 0.6) is 5.75 Å². The molecule has 0 aliphatic carbocycles. The maximum absolute atomic E-state index is 6.36. The molecule has 1 unspecified atom stereocenters. The zero-order valence-electron chi connectivity index (χ0n) is 11.6. The largest absolute Gasteiger partial charge is 0.497 e. The van der Waals surface area contributed by atoms with Gasteiger partial charge in [-0.1, -0.05) is 18.2 Å². The van der Waals surface area contributed by atoms with Crippen LogP contribution in [0.1, 0.15) is 21.4 Å². The normalized spacial score (nSPS) is 12.6. The minimum atomic E-state index is -0.0554. The van der Waals surface area contributed by atoms with Gasteiger partial charge < -0.3 is 10.5 Å². The van der Waals surface area contributed by atoms with Crippen LogP contribution in [0.15, 0.2) is 48.5 Å². The summed E-state index contributed by atoms with van der Waals surface area (Å²) in [5, 5.41) is 2.36. The summed E-state index contributed by atoms with van der Waals surface area (Å²) in [6.45, 7) is 2.10. The van der Waals surface area contributed by atoms with Gasteiger partial charge >= 0.3 is 0 Å². The maximum atomic E-state index is 6.36. The summed E-state index contributed by atoms with van der Waals surface area (Å²) in [7, 11) is 1.69. The number of methoxy groups -OCH3 is 1. The van der Waals surface area contributed by atoms with Crippen LogP contribution >= 0.6 is 11.3 Å². The van der Waals surface area contributed by atoms with Gasteiger partial charge in [-0.2, -0.15) is 0 Å². The van der Waals surface area contributed by atoms with Crippen molar-refractivity contribution in [2.45, 2.75) is 13.0 Å². The SMILES string of the molecule is COc1ccc2cc(C(N)c3ccc(C)s3)ccc2c1. The number of hydrogen-bond acceptors (Lipinski definition) is 3. The average Bonchev–Trinajstić information content (AvgIpc) is 2.92. The van der Waals surface area contributed by atoms with E-state index in [-0.39, 0.29) is 6.04 Å². The molecule has 0 saturated carbocycles. The molecule has 1 aromatic heterocycles. The van der Waals surface area contributed by atoms with Gasteiger partial charge in [-0.15, -0.1) is 11.3 Å². The Morgan fingerprint density at radius 2 is 1.75 bits per heavy atom. The fraction of sp³-hybridized carbons (Fsp3) is 0.176. The molecule has 2 N–H and O–H groups in total. The van der Waals surface area contributed by atoms with E-state index in [0.29, 0.717) is 0 Å². The quantitative estimate of drug-likeness (QED) is 0.779. The summed E-state index contributed by atoms with van der Waals surface area (Å²) in [6, 6.07) is 16.6. The summed E-state index contributed by atoms with van der Waals surface area (Å²) < 4.78 is 5.25. The summed E-state index contributed by atoms with van der Waals surface area (Å²) in [5.74, 6) is 0.878. The zero-order valence-corrected chi connectivity index (χ0v) is 12.4. The molecule has 20 heavy (non-hydrogen) atoms. The van der Waals surface area contributed by atoms with Gasteiger partial charge in [0.2, 0.25) is 0 Å². The third-order valence-corrected chi connectivity index (χ3v) is 4.58. The first-order chi connectivity index (χ1) is 9.67. The Kier molecular flexibility index (Phi) is 3.47. The van der Waals surface area contributed by atoms with Crippen molar-refractivity contribution in [2.24, 2.45) is 5.73 Å². The van der Waals surface area contributed by atoms with Gasteiger partial charge in [-0.25, -0.2) is 0 Å². The second-order valence-corrected chi connectivity index (χ2v) is 6.22. The monoisotopic (exact) mass is 283 g/mol. The topological polar surface area (TPSA) is 35.2 Å². The lowest BCUT2D eigenvalue weighted by Crippen LogP contribution is -2.09. The molecule has 0 fully saturated rings. The standard InChI is InChI=1S/C17H17NOS/c1-11-3-8-16(20-11)17(18)14-5-4-13-10-15(19-2)7-6-12(13)9-14/h3-10,17H,18H2,1-2H3. The molecule has 0 spiro atoms. The Labute approximate surface area is 122 Å². The third kappa shape index (κ3) is 2.42. The van der Waals surface area contributed by atoms with Crippen molar-refractivity contribution < 1.29 is 4.74 Å². The Morgan fingerprint density at radius 1 is 1.00 bits per heavy atom. The minimum absolute atomic E-state index is 0.0554. The maximum Gasteiger partial charge on any atom is 0.119 e. The van der Waals surface area contributed by atoms with Crippen LogP contribution in [0.4, 0.5) is 0 Å². The van der Waals surface area contributed by atoms with E-state index < -0.39 is 0 Å². The molecule has 0 aliphatic rings. The highest BCUT2D eigenvalue weighted by Crippen LogP contribution is 2.29. The van der Waals surface area contributed by atoms with E-state index in [0.717, 1.165) is 11.3 Å². The van der Waals surface area contributed by atoms with Gasteiger partial charge in [0.15, 0.2) is 0 Å². The van der Waals surface area contributed by atoms with Crippen LogP contribution in [0.3, 0.4) is 0 Å². The fourth-order valence-corrected chi connectivity index (χ4v) is 3.25. The van der Waals surface area contributed by atoms with E-state index in [2.05, 4.69) is 43.3 Å². The van der Waals surface area contributed by atoms with Gasteiger partial charge in [0.05, 0.1) is 13.2 Å². The highest BCUT2D eigenvalue weighted by molar-refractivity contribution is 7.12. The molecule has 102 valence electrons. The molecule has 3 heteroatoms. The predicted octanol–water partition coefficient (Wildman–Crippen LogP) is 4.27. The lowest BCUT2D eigenvalue weighted by molar-refractivity contribution is 0.415. The lowest BCUT2D eigenvalue weighted by atomic mass is 10.0. The van der Waals surface area contributed by atoms with Crippen LogP contribution in [0.2, 0.25) is 0 Å². The lowest BCUT2D eigenvalue weighted by Gasteiger charge is -2.11. The van der Waals surface area contributed by atoms with E-state index in [1.54, 1.807) is 18.4 Å². The molecule has 1 heterocycles. The summed E-state index contributed by atoms with van der Waals surface area (Å²) in [4.78, 5) is 2.50. The first-order valence-corrected chi connectivity index (χ1v) is 7.38. The van der Waals surface area contributed by atoms with Crippen LogP contribution in [-0.2, 0) is 0 Å². The summed E-state index contributed by atoms with van der Waals surface area (Å²) in [6.07, 6.45) is 0. The highest BCUT2D eigenvalue weighted by atomic mass is 32.1. The van der Waals surface area contributed by atoms with Crippen molar-refractivity contribution in [2.75, 3.05) is 7.11 Å². The number of nitrogens with two attached hydrogens (primary N) is 1. The van der Waals surface area contributed by atoms with E-state index in [4.69, 9.17) is 10.5 Å². The Balaban J connectivity index is 2.00. The van der Waals surface area contributed by atoms with Crippen LogP contribution in [0.25, 0.3) is 10.8 Å². The van der Waals surface area contributed by atoms with Crippen molar-refractivity contribution in [1.29, 1.82) is 0 Å². The first-order valence-electron chi connectivity index (χ1n) is 6.57. The Morgan fingerprint density at radius 3 is 2.45 bits per heavy atom. The third-order valence-electron chi connectivity index (χ3n) is 3.50. The van der Waals surface area contributed by atoms with E-state index in [1.165, 1.54) is 20.5 Å². The van der Waals surface area contributed by atoms with E-state index in [1.807, 2.05) is 12.1 Å². The molecule has 2 aromatic carbocycles. The summed E-state index contributed by atoms with van der Waals surface area (Å²) >= 11 is 1.76. The second-order valence-electron chi connectivity index (χ2n) is 4.90. The van der Waals surface area contributed by atoms with Crippen molar-refractivity contribution in [3.8, 4) is 5.75 Å². The molecule has 3 rings (SSSR count). The fourth-order valence-electron chi connectivity index (χ4n) is 2.35. The molecule has 0 amide bonds. The molecule has 0 saturated heterocycles. The zero-order chi connectivity index (χ0) is 14.1. The van der Waals surface area contributed by atoms with E-state index in [9.17, 15) is 0 Å². The summed E-state index contributed by atoms with van der Waals surface area (Å²) in [5.41, 5.74) is 7.51. The predicted molar refractivity (Wildman–Crippen MR) is 85.6 cm³/mol. The molecule has 0 radical (unpaired) electrons. The van der Waals surface area contributed by atoms with Crippen LogP contribution < -0.4 is 10.5 Å². The molecular weight excluding hydrogens is 266 g/mol. The van der Waals surface area contributed by atoms with Gasteiger partial charge in [0.1, 0.15) is 5.75 Å². The number of hydrogen-bond donors (Lipinski definition) is 1. The van der Waals surface area contributed by atoms with Crippen LogP contribution in [-0.4, -0.2) is 7.11 Å². The van der Waals surface area contributed by atoms with Crippen molar-refractivity contribution in [1.82, 2.24) is 0 Å². The van der Waals surface area contributed by atoms with Crippen LogP contribution in [0, 0.1) is 6.92 Å². The van der Waals surface area contributed by atoms with Crippen molar-refractivity contribution in [3.05, 3.63) is 63.8 Å². The van der Waals surface area contributed by atoms with Crippen molar-refractivity contribution in [3.63, 3.8) is 0 Å². The molecule has 0 bridgehead atoms. The minimum Gasteiger partial charge on any atom is -0.497 e. The molecule has 0 aliphatic heterocycles. The smallest absolute Gasteiger partial charge is 0.119 e. The first kappa shape index (κ1) is 13.2. The number of fused-ring (bicyclic) bond motifs is 1. The Hall–Kier alpha value is -1.84. The highest BCUT2D eigenvalue weighted by Gasteiger charge is 2.11. The van der Waals surface area contributed by atoms with Gasteiger partial charge in [0.25, 0.3) is 0 Å². The number of rotatable bonds is 3. The van der Waals surface area contributed by atoms with Gasteiger partial charge in [0, 0.05) is 9.75 Å². The van der Waals surface area contributed by atoms with Gasteiger partial charge in [-0.3, -0.25) is 0 Å². The molecular formula is C17H17NOS. The number of ether oxygens (including phenoxy) is 1. The van der Waals surface area contributed by atoms with Gasteiger partial charge in [-0.05, 0) is 53.6 Å². The van der Waals surface area contributed by atoms with E-state index >= 15 is 0 Å². The molecule has 1 atom stereocenters. The second kappa shape index (κ2) is 5.27. The number of thiophene rings is 1. The molecule has 3 aromatic rings. The number of aryl methyl sites for hydroxylation is 1. The number of benzene rings is 2. The average molecular weight is 283 g/mol. The Bertz CT molecular complexity index is 748.